The second kappa shape index (κ2) is 9.68. The van der Waals surface area contributed by atoms with Gasteiger partial charge in [0.25, 0.3) is 5.56 Å². The lowest BCUT2D eigenvalue weighted by molar-refractivity contribution is -0.121. The average Bonchev–Trinajstić information content (AvgIpc) is 2.78. The molecule has 1 unspecified atom stereocenters. The smallest absolute Gasteiger partial charge is 0.251 e. The SMILES string of the molecule is CC(C)c1nc(CC(NC(=O)Cc2ccc3c(c2)OCCO3)c2ccccc2)cc(=O)[nH]1. The first kappa shape index (κ1) is 21.6. The number of benzene rings is 2. The van der Waals surface area contributed by atoms with Crippen LogP contribution in [0.15, 0.2) is 59.4 Å². The lowest BCUT2D eigenvalue weighted by atomic mass is 10.0. The van der Waals surface area contributed by atoms with Crippen molar-refractivity contribution in [2.24, 2.45) is 0 Å². The third-order valence-corrected chi connectivity index (χ3v) is 5.28. The van der Waals surface area contributed by atoms with Gasteiger partial charge in [0.1, 0.15) is 19.0 Å². The summed E-state index contributed by atoms with van der Waals surface area (Å²) in [5.41, 5.74) is 2.25. The van der Waals surface area contributed by atoms with Crippen LogP contribution in [0.1, 0.15) is 48.5 Å². The maximum absolute atomic E-state index is 12.9. The van der Waals surface area contributed by atoms with Gasteiger partial charge in [-0.3, -0.25) is 9.59 Å². The maximum atomic E-state index is 12.9. The van der Waals surface area contributed by atoms with E-state index in [-0.39, 0.29) is 29.8 Å². The van der Waals surface area contributed by atoms with Gasteiger partial charge >= 0.3 is 0 Å². The summed E-state index contributed by atoms with van der Waals surface area (Å²) < 4.78 is 11.2. The topological polar surface area (TPSA) is 93.3 Å². The van der Waals surface area contributed by atoms with Crippen LogP contribution in [0.25, 0.3) is 0 Å². The molecule has 1 aliphatic heterocycles. The molecule has 0 fully saturated rings. The largest absolute Gasteiger partial charge is 0.486 e. The molecule has 1 atom stereocenters. The lowest BCUT2D eigenvalue weighted by Gasteiger charge is -2.21. The van der Waals surface area contributed by atoms with Crippen LogP contribution < -0.4 is 20.3 Å². The van der Waals surface area contributed by atoms with Crippen molar-refractivity contribution in [3.8, 4) is 11.5 Å². The Bertz CT molecular complexity index is 1140. The van der Waals surface area contributed by atoms with E-state index in [1.807, 2.05) is 62.4 Å². The second-order valence-corrected chi connectivity index (χ2v) is 8.17. The van der Waals surface area contributed by atoms with Crippen molar-refractivity contribution in [3.63, 3.8) is 0 Å². The molecular weight excluding hydrogens is 406 g/mol. The Hall–Kier alpha value is -3.61. The molecule has 1 aliphatic rings. The molecule has 2 N–H and O–H groups in total. The monoisotopic (exact) mass is 433 g/mol. The Morgan fingerprint density at radius 1 is 1.06 bits per heavy atom. The quantitative estimate of drug-likeness (QED) is 0.596. The van der Waals surface area contributed by atoms with Gasteiger partial charge < -0.3 is 19.8 Å². The number of amides is 1. The van der Waals surface area contributed by atoms with Gasteiger partial charge in [0.2, 0.25) is 5.91 Å². The number of carbonyl (C=O) groups is 1. The molecule has 2 heterocycles. The summed E-state index contributed by atoms with van der Waals surface area (Å²) >= 11 is 0. The van der Waals surface area contributed by atoms with Gasteiger partial charge in [-0.1, -0.05) is 50.2 Å². The second-order valence-electron chi connectivity index (χ2n) is 8.17. The summed E-state index contributed by atoms with van der Waals surface area (Å²) in [6.45, 7) is 4.98. The highest BCUT2D eigenvalue weighted by atomic mass is 16.6. The number of hydrogen-bond donors (Lipinski definition) is 2. The van der Waals surface area contributed by atoms with Crippen molar-refractivity contribution in [2.75, 3.05) is 13.2 Å². The van der Waals surface area contributed by atoms with Crippen LogP contribution in [0.5, 0.6) is 11.5 Å². The first-order chi connectivity index (χ1) is 15.5. The van der Waals surface area contributed by atoms with E-state index in [1.165, 1.54) is 6.07 Å². The number of fused-ring (bicyclic) bond motifs is 1. The molecule has 3 aromatic rings. The number of nitrogens with one attached hydrogen (secondary N) is 2. The molecular formula is C25H27N3O4. The number of rotatable bonds is 7. The third-order valence-electron chi connectivity index (χ3n) is 5.28. The summed E-state index contributed by atoms with van der Waals surface area (Å²) in [6, 6.07) is 16.5. The summed E-state index contributed by atoms with van der Waals surface area (Å²) in [5, 5.41) is 3.12. The maximum Gasteiger partial charge on any atom is 0.251 e. The number of ether oxygens (including phenoxy) is 2. The molecule has 7 heteroatoms. The first-order valence-corrected chi connectivity index (χ1v) is 10.8. The van der Waals surface area contributed by atoms with Gasteiger partial charge in [0.05, 0.1) is 18.2 Å². The lowest BCUT2D eigenvalue weighted by Crippen LogP contribution is -2.32. The molecule has 32 heavy (non-hydrogen) atoms. The molecule has 2 aromatic carbocycles. The Morgan fingerprint density at radius 3 is 2.56 bits per heavy atom. The molecule has 0 saturated carbocycles. The summed E-state index contributed by atoms with van der Waals surface area (Å²) in [5.74, 6) is 1.98. The van der Waals surface area contributed by atoms with Crippen LogP contribution in [0.4, 0.5) is 0 Å². The number of nitrogens with zero attached hydrogens (tertiary/aromatic N) is 1. The van der Waals surface area contributed by atoms with Crippen LogP contribution in [0.3, 0.4) is 0 Å². The van der Waals surface area contributed by atoms with Crippen LogP contribution in [-0.2, 0) is 17.6 Å². The van der Waals surface area contributed by atoms with Gasteiger partial charge in [-0.2, -0.15) is 0 Å². The van der Waals surface area contributed by atoms with Gasteiger partial charge in [-0.25, -0.2) is 4.98 Å². The molecule has 1 amide bonds. The average molecular weight is 434 g/mol. The van der Waals surface area contributed by atoms with Crippen molar-refractivity contribution in [3.05, 3.63) is 87.6 Å². The fraction of sp³-hybridized carbons (Fsp3) is 0.320. The molecule has 1 aromatic heterocycles. The Balaban J connectivity index is 1.52. The number of carbonyl (C=O) groups excluding carboxylic acids is 1. The van der Waals surface area contributed by atoms with Gasteiger partial charge in [0.15, 0.2) is 11.5 Å². The number of H-pyrrole nitrogens is 1. The zero-order chi connectivity index (χ0) is 22.5. The molecule has 0 bridgehead atoms. The van der Waals surface area contributed by atoms with Gasteiger partial charge in [0, 0.05) is 18.4 Å². The Kier molecular flexibility index (Phi) is 6.54. The Morgan fingerprint density at radius 2 is 1.81 bits per heavy atom. The van der Waals surface area contributed by atoms with E-state index in [1.54, 1.807) is 0 Å². The predicted octanol–water partition coefficient (Wildman–Crippen LogP) is 3.31. The van der Waals surface area contributed by atoms with E-state index in [0.29, 0.717) is 42.7 Å². The fourth-order valence-corrected chi connectivity index (χ4v) is 3.68. The van der Waals surface area contributed by atoms with E-state index in [4.69, 9.17) is 9.47 Å². The van der Waals surface area contributed by atoms with Crippen molar-refractivity contribution >= 4 is 5.91 Å². The molecule has 166 valence electrons. The molecule has 7 nitrogen and oxygen atoms in total. The van der Waals surface area contributed by atoms with E-state index in [0.717, 1.165) is 11.1 Å². The molecule has 0 radical (unpaired) electrons. The number of aromatic nitrogens is 2. The third kappa shape index (κ3) is 5.35. The van der Waals surface area contributed by atoms with Crippen LogP contribution >= 0.6 is 0 Å². The molecule has 0 aliphatic carbocycles. The highest BCUT2D eigenvalue weighted by Gasteiger charge is 2.19. The van der Waals surface area contributed by atoms with E-state index in [9.17, 15) is 9.59 Å². The standard InChI is InChI=1S/C25H27N3O4/c1-16(2)25-26-19(15-24(30)28-25)14-20(18-6-4-3-5-7-18)27-23(29)13-17-8-9-21-22(12-17)32-11-10-31-21/h3-9,12,15-16,20H,10-11,13-14H2,1-2H3,(H,27,29)(H,26,28,30). The summed E-state index contributed by atoms with van der Waals surface area (Å²) in [6.07, 6.45) is 0.626. The van der Waals surface area contributed by atoms with Gasteiger partial charge in [-0.05, 0) is 23.3 Å². The van der Waals surface area contributed by atoms with Crippen molar-refractivity contribution in [2.45, 2.75) is 38.6 Å². The normalized spacial score (nSPS) is 13.6. The summed E-state index contributed by atoms with van der Waals surface area (Å²) in [7, 11) is 0. The number of aromatic amines is 1. The van der Waals surface area contributed by atoms with Crippen molar-refractivity contribution in [1.29, 1.82) is 0 Å². The van der Waals surface area contributed by atoms with E-state index in [2.05, 4.69) is 15.3 Å². The highest BCUT2D eigenvalue weighted by molar-refractivity contribution is 5.79. The van der Waals surface area contributed by atoms with Crippen LogP contribution in [-0.4, -0.2) is 29.1 Å². The molecule has 4 rings (SSSR count). The minimum atomic E-state index is -0.310. The molecule has 0 saturated heterocycles. The highest BCUT2D eigenvalue weighted by Crippen LogP contribution is 2.31. The minimum absolute atomic E-state index is 0.0997. The van der Waals surface area contributed by atoms with Crippen LogP contribution in [0, 0.1) is 0 Å². The van der Waals surface area contributed by atoms with E-state index >= 15 is 0 Å². The van der Waals surface area contributed by atoms with Crippen LogP contribution in [0.2, 0.25) is 0 Å². The minimum Gasteiger partial charge on any atom is -0.486 e. The zero-order valence-electron chi connectivity index (χ0n) is 18.3. The Labute approximate surface area is 186 Å². The van der Waals surface area contributed by atoms with Crippen molar-refractivity contribution < 1.29 is 14.3 Å². The fourth-order valence-electron chi connectivity index (χ4n) is 3.68. The first-order valence-electron chi connectivity index (χ1n) is 10.8. The van der Waals surface area contributed by atoms with E-state index < -0.39 is 0 Å². The number of hydrogen-bond acceptors (Lipinski definition) is 5. The molecule has 0 spiro atoms. The summed E-state index contributed by atoms with van der Waals surface area (Å²) in [4.78, 5) is 32.4. The van der Waals surface area contributed by atoms with Gasteiger partial charge in [-0.15, -0.1) is 0 Å². The van der Waals surface area contributed by atoms with Crippen molar-refractivity contribution in [1.82, 2.24) is 15.3 Å². The predicted molar refractivity (Wildman–Crippen MR) is 121 cm³/mol. The zero-order valence-corrected chi connectivity index (χ0v) is 18.3.